The van der Waals surface area contributed by atoms with Gasteiger partial charge in [-0.15, -0.1) is 0 Å². The maximum Gasteiger partial charge on any atom is 0.262 e. The van der Waals surface area contributed by atoms with Gasteiger partial charge in [0.25, 0.3) is 11.8 Å². The Hall–Kier alpha value is -2.24. The molecule has 202 valence electrons. The van der Waals surface area contributed by atoms with Crippen molar-refractivity contribution in [3.63, 3.8) is 0 Å². The summed E-state index contributed by atoms with van der Waals surface area (Å²) >= 11 is 14.2. The van der Waals surface area contributed by atoms with Crippen molar-refractivity contribution in [2.75, 3.05) is 13.7 Å². The van der Waals surface area contributed by atoms with Gasteiger partial charge in [-0.25, -0.2) is 5.43 Å². The van der Waals surface area contributed by atoms with Crippen molar-refractivity contribution < 1.29 is 23.8 Å². The van der Waals surface area contributed by atoms with E-state index >= 15 is 0 Å². The molecule has 0 unspecified atom stereocenters. The molecular weight excluding hydrogens is 632 g/mol. The van der Waals surface area contributed by atoms with E-state index in [0.717, 1.165) is 15.6 Å². The third-order valence-corrected chi connectivity index (χ3v) is 6.33. The fourth-order valence-electron chi connectivity index (χ4n) is 3.21. The molecule has 0 aliphatic carbocycles. The number of rotatable bonds is 13. The Morgan fingerprint density at radius 3 is 2.46 bits per heavy atom. The van der Waals surface area contributed by atoms with Gasteiger partial charge in [0.15, 0.2) is 17.6 Å². The molecule has 0 spiro atoms. The van der Waals surface area contributed by atoms with Gasteiger partial charge in [0, 0.05) is 5.02 Å². The lowest BCUT2D eigenvalue weighted by molar-refractivity contribution is -0.132. The molecule has 2 N–H and O–H groups in total. The summed E-state index contributed by atoms with van der Waals surface area (Å²) in [5, 5.41) is 7.57. The van der Waals surface area contributed by atoms with Crippen LogP contribution in [0.5, 0.6) is 17.2 Å². The number of nitrogens with one attached hydrogen (secondary N) is 2. The Kier molecular flexibility index (Phi) is 12.8. The second-order valence-electron chi connectivity index (χ2n) is 8.64. The largest absolute Gasteiger partial charge is 0.493 e. The van der Waals surface area contributed by atoms with Gasteiger partial charge in [-0.1, -0.05) is 44.0 Å². The van der Waals surface area contributed by atoms with Gasteiger partial charge in [-0.05, 0) is 84.2 Å². The molecule has 0 aliphatic heterocycles. The van der Waals surface area contributed by atoms with Crippen molar-refractivity contribution in [3.8, 4) is 17.2 Å². The van der Waals surface area contributed by atoms with Gasteiger partial charge < -0.3 is 19.5 Å². The highest BCUT2D eigenvalue weighted by molar-refractivity contribution is 14.1. The molecule has 11 heteroatoms. The number of amides is 2. The van der Waals surface area contributed by atoms with Crippen LogP contribution in [0.25, 0.3) is 0 Å². The number of carbonyl (C=O) groups excluding carboxylic acids is 2. The molecule has 2 aromatic carbocycles. The number of ether oxygens (including phenoxy) is 3. The zero-order chi connectivity index (χ0) is 27.5. The molecule has 0 aromatic heterocycles. The standard InChI is InChI=1S/C26H32Cl2IN3O5/c1-6-9-36-24-20(29)11-17(12-23(24)35-5)14-30-32-26(34)21(10-15(2)3)31-25(33)16(4)37-22-8-7-18(27)13-19(22)28/h7-8,11-16,21H,6,9-10H2,1-5H3,(H,31,33)(H,32,34)/b30-14-/t16-,21-/m1/s1. The van der Waals surface area contributed by atoms with E-state index in [-0.39, 0.29) is 10.9 Å². The van der Waals surface area contributed by atoms with E-state index in [0.29, 0.717) is 35.3 Å². The minimum atomic E-state index is -0.896. The molecule has 2 amide bonds. The van der Waals surface area contributed by atoms with E-state index in [2.05, 4.69) is 38.4 Å². The molecule has 0 fully saturated rings. The number of benzene rings is 2. The minimum Gasteiger partial charge on any atom is -0.493 e. The van der Waals surface area contributed by atoms with Gasteiger partial charge in [-0.3, -0.25) is 9.59 Å². The summed E-state index contributed by atoms with van der Waals surface area (Å²) in [5.41, 5.74) is 3.24. The smallest absolute Gasteiger partial charge is 0.262 e. The molecule has 0 aliphatic rings. The summed E-state index contributed by atoms with van der Waals surface area (Å²) in [7, 11) is 1.57. The zero-order valence-electron chi connectivity index (χ0n) is 21.4. The summed E-state index contributed by atoms with van der Waals surface area (Å²) in [6.45, 7) is 8.10. The fraction of sp³-hybridized carbons (Fsp3) is 0.423. The van der Waals surface area contributed by atoms with Crippen LogP contribution < -0.4 is 25.0 Å². The molecule has 2 atom stereocenters. The SMILES string of the molecule is CCCOc1c(I)cc(/C=N\NC(=O)[C@@H](CC(C)C)NC(=O)[C@@H](C)Oc2ccc(Cl)cc2Cl)cc1OC. The predicted octanol–water partition coefficient (Wildman–Crippen LogP) is 5.84. The van der Waals surface area contributed by atoms with Crippen molar-refractivity contribution in [1.29, 1.82) is 0 Å². The van der Waals surface area contributed by atoms with Crippen LogP contribution in [0, 0.1) is 9.49 Å². The molecule has 8 nitrogen and oxygen atoms in total. The first-order chi connectivity index (χ1) is 17.5. The monoisotopic (exact) mass is 663 g/mol. The second kappa shape index (κ2) is 15.2. The van der Waals surface area contributed by atoms with Crippen LogP contribution in [0.1, 0.15) is 46.1 Å². The van der Waals surface area contributed by atoms with Gasteiger partial charge >= 0.3 is 0 Å². The van der Waals surface area contributed by atoms with Crippen molar-refractivity contribution in [2.24, 2.45) is 11.0 Å². The summed E-state index contributed by atoms with van der Waals surface area (Å²) < 4.78 is 17.7. The van der Waals surface area contributed by atoms with Crippen LogP contribution in [0.15, 0.2) is 35.4 Å². The highest BCUT2D eigenvalue weighted by atomic mass is 127. The Balaban J connectivity index is 2.06. The summed E-state index contributed by atoms with van der Waals surface area (Å²) in [5.74, 6) is 0.801. The molecular formula is C26H32Cl2IN3O5. The van der Waals surface area contributed by atoms with Crippen LogP contribution in [-0.2, 0) is 9.59 Å². The number of nitrogens with zero attached hydrogens (tertiary/aromatic N) is 1. The highest BCUT2D eigenvalue weighted by Crippen LogP contribution is 2.33. The van der Waals surface area contributed by atoms with Crippen LogP contribution >= 0.6 is 45.8 Å². The normalized spacial score (nSPS) is 12.8. The number of hydrazone groups is 1. The molecule has 2 aromatic rings. The lowest BCUT2D eigenvalue weighted by atomic mass is 10.0. The quantitative estimate of drug-likeness (QED) is 0.159. The summed E-state index contributed by atoms with van der Waals surface area (Å²) in [4.78, 5) is 25.7. The first-order valence-electron chi connectivity index (χ1n) is 11.8. The minimum absolute atomic E-state index is 0.142. The van der Waals surface area contributed by atoms with E-state index in [1.807, 2.05) is 26.8 Å². The van der Waals surface area contributed by atoms with E-state index in [4.69, 9.17) is 37.4 Å². The van der Waals surface area contributed by atoms with Gasteiger partial charge in [0.05, 0.1) is 28.5 Å². The molecule has 0 saturated heterocycles. The van der Waals surface area contributed by atoms with Crippen LogP contribution in [0.3, 0.4) is 0 Å². The molecule has 2 rings (SSSR count). The maximum atomic E-state index is 12.9. The topological polar surface area (TPSA) is 98.2 Å². The third-order valence-electron chi connectivity index (χ3n) is 5.00. The number of carbonyl (C=O) groups is 2. The average molecular weight is 664 g/mol. The van der Waals surface area contributed by atoms with Crippen LogP contribution in [0.4, 0.5) is 0 Å². The Bertz CT molecular complexity index is 1110. The molecule has 37 heavy (non-hydrogen) atoms. The summed E-state index contributed by atoms with van der Waals surface area (Å²) in [6, 6.07) is 7.56. The molecule has 0 saturated carbocycles. The lowest BCUT2D eigenvalue weighted by Gasteiger charge is -2.22. The molecule has 0 heterocycles. The Labute approximate surface area is 241 Å². The van der Waals surface area contributed by atoms with E-state index in [1.165, 1.54) is 12.3 Å². The van der Waals surface area contributed by atoms with E-state index < -0.39 is 24.0 Å². The number of methoxy groups -OCH3 is 1. The maximum absolute atomic E-state index is 12.9. The molecule has 0 bridgehead atoms. The van der Waals surface area contributed by atoms with Crippen molar-refractivity contribution in [3.05, 3.63) is 49.5 Å². The fourth-order valence-corrected chi connectivity index (χ4v) is 4.45. The Morgan fingerprint density at radius 1 is 1.11 bits per heavy atom. The van der Waals surface area contributed by atoms with E-state index in [1.54, 1.807) is 32.2 Å². The lowest BCUT2D eigenvalue weighted by Crippen LogP contribution is -2.49. The van der Waals surface area contributed by atoms with Crippen LogP contribution in [0.2, 0.25) is 10.0 Å². The van der Waals surface area contributed by atoms with Gasteiger partial charge in [0.2, 0.25) is 0 Å². The average Bonchev–Trinajstić information content (AvgIpc) is 2.83. The number of hydrogen-bond donors (Lipinski definition) is 2. The van der Waals surface area contributed by atoms with E-state index in [9.17, 15) is 9.59 Å². The van der Waals surface area contributed by atoms with Crippen molar-refractivity contribution in [1.82, 2.24) is 10.7 Å². The Morgan fingerprint density at radius 2 is 1.84 bits per heavy atom. The highest BCUT2D eigenvalue weighted by Gasteiger charge is 2.25. The number of halogens is 3. The van der Waals surface area contributed by atoms with Crippen molar-refractivity contribution >= 4 is 63.8 Å². The number of hydrogen-bond acceptors (Lipinski definition) is 6. The van der Waals surface area contributed by atoms with Gasteiger partial charge in [-0.2, -0.15) is 5.10 Å². The summed E-state index contributed by atoms with van der Waals surface area (Å²) in [6.07, 6.45) is 1.90. The van der Waals surface area contributed by atoms with Crippen LogP contribution in [-0.4, -0.2) is 43.9 Å². The van der Waals surface area contributed by atoms with Crippen molar-refractivity contribution in [2.45, 2.75) is 52.7 Å². The first kappa shape index (κ1) is 31.0. The third kappa shape index (κ3) is 9.86. The zero-order valence-corrected chi connectivity index (χ0v) is 25.1. The second-order valence-corrected chi connectivity index (χ2v) is 10.6. The predicted molar refractivity (Wildman–Crippen MR) is 155 cm³/mol. The molecule has 0 radical (unpaired) electrons. The first-order valence-corrected chi connectivity index (χ1v) is 13.6. The van der Waals surface area contributed by atoms with Gasteiger partial charge in [0.1, 0.15) is 11.8 Å².